The van der Waals surface area contributed by atoms with Crippen LogP contribution in [0.25, 0.3) is 0 Å². The van der Waals surface area contributed by atoms with Crippen LogP contribution in [0, 0.1) is 19.7 Å². The van der Waals surface area contributed by atoms with Gasteiger partial charge in [-0.05, 0) is 55.7 Å². The van der Waals surface area contributed by atoms with Crippen LogP contribution in [0.5, 0.6) is 0 Å². The van der Waals surface area contributed by atoms with Gasteiger partial charge in [0.05, 0.1) is 11.4 Å². The molecule has 1 atom stereocenters. The Morgan fingerprint density at radius 2 is 1.97 bits per heavy atom. The number of hydrogen-bond acceptors (Lipinski definition) is 4. The van der Waals surface area contributed by atoms with E-state index < -0.39 is 17.0 Å². The summed E-state index contributed by atoms with van der Waals surface area (Å²) in [5, 5.41) is 2.57. The normalized spacial score (nSPS) is 17.8. The first-order valence-electron chi connectivity index (χ1n) is 9.57. The number of amides is 2. The molecule has 1 saturated heterocycles. The van der Waals surface area contributed by atoms with E-state index in [0.717, 1.165) is 17.7 Å². The predicted molar refractivity (Wildman–Crippen MR) is 116 cm³/mol. The van der Waals surface area contributed by atoms with E-state index in [9.17, 15) is 14.0 Å². The number of amidine groups is 1. The van der Waals surface area contributed by atoms with Crippen molar-refractivity contribution in [1.29, 1.82) is 0 Å². The summed E-state index contributed by atoms with van der Waals surface area (Å²) in [7, 11) is 0. The van der Waals surface area contributed by atoms with Gasteiger partial charge in [0.2, 0.25) is 11.8 Å². The van der Waals surface area contributed by atoms with Gasteiger partial charge in [-0.25, -0.2) is 9.38 Å². The molecule has 1 heterocycles. The van der Waals surface area contributed by atoms with Gasteiger partial charge in [0, 0.05) is 13.0 Å². The number of aryl methyl sites for hydroxylation is 2. The number of nitrogens with one attached hydrogen (secondary N) is 1. The van der Waals surface area contributed by atoms with E-state index in [1.807, 2.05) is 39.0 Å². The van der Waals surface area contributed by atoms with E-state index >= 15 is 0 Å². The minimum Gasteiger partial charge on any atom is -0.324 e. The van der Waals surface area contributed by atoms with Gasteiger partial charge in [-0.2, -0.15) is 0 Å². The molecule has 0 radical (unpaired) electrons. The van der Waals surface area contributed by atoms with E-state index in [1.165, 1.54) is 29.5 Å². The summed E-state index contributed by atoms with van der Waals surface area (Å²) >= 11 is 1.29. The molecule has 1 aliphatic heterocycles. The molecule has 29 heavy (non-hydrogen) atoms. The lowest BCUT2D eigenvalue weighted by Gasteiger charge is -2.15. The Balaban J connectivity index is 1.76. The molecule has 0 unspecified atom stereocenters. The highest BCUT2D eigenvalue weighted by molar-refractivity contribution is 8.15. The molecule has 0 aliphatic carbocycles. The number of carbonyl (C=O) groups excluding carboxylic acids is 2. The topological polar surface area (TPSA) is 61.8 Å². The summed E-state index contributed by atoms with van der Waals surface area (Å²) < 4.78 is 13.8. The molecule has 0 spiro atoms. The fraction of sp³-hybridized carbons (Fsp3) is 0.318. The van der Waals surface area contributed by atoms with Gasteiger partial charge >= 0.3 is 0 Å². The smallest absolute Gasteiger partial charge is 0.242 e. The van der Waals surface area contributed by atoms with Crippen molar-refractivity contribution >= 4 is 40.1 Å². The third-order valence-corrected chi connectivity index (χ3v) is 5.88. The number of thioether (sulfide) groups is 1. The highest BCUT2D eigenvalue weighted by atomic mass is 32.2. The van der Waals surface area contributed by atoms with E-state index in [2.05, 4.69) is 10.3 Å². The van der Waals surface area contributed by atoms with Crippen molar-refractivity contribution < 1.29 is 14.0 Å². The standard InChI is InChI=1S/C22H24FN3O2S/c1-4-11-26-21(28)19(13-20(27)25-18-8-6-5-7-17(18)23)29-22(26)24-16-10-9-14(2)15(3)12-16/h5-10,12,19H,4,11,13H2,1-3H3,(H,25,27)/t19-/m1/s1. The van der Waals surface area contributed by atoms with Crippen molar-refractivity contribution in [1.82, 2.24) is 4.90 Å². The minimum absolute atomic E-state index is 0.0377. The van der Waals surface area contributed by atoms with Gasteiger partial charge in [-0.1, -0.05) is 36.9 Å². The molecule has 0 bridgehead atoms. The molecule has 1 N–H and O–H groups in total. The summed E-state index contributed by atoms with van der Waals surface area (Å²) in [4.78, 5) is 31.5. The Morgan fingerprint density at radius 3 is 2.66 bits per heavy atom. The lowest BCUT2D eigenvalue weighted by molar-refractivity contribution is -0.128. The fourth-order valence-electron chi connectivity index (χ4n) is 2.99. The molecule has 1 fully saturated rings. The van der Waals surface area contributed by atoms with E-state index in [0.29, 0.717) is 11.7 Å². The molecule has 0 saturated carbocycles. The van der Waals surface area contributed by atoms with Crippen LogP contribution in [0.4, 0.5) is 15.8 Å². The zero-order valence-corrected chi connectivity index (χ0v) is 17.6. The highest BCUT2D eigenvalue weighted by Crippen LogP contribution is 2.32. The van der Waals surface area contributed by atoms with Gasteiger partial charge in [-0.3, -0.25) is 14.5 Å². The number of aliphatic imine (C=N–C) groups is 1. The van der Waals surface area contributed by atoms with E-state index in [-0.39, 0.29) is 18.0 Å². The maximum absolute atomic E-state index is 13.8. The second kappa shape index (κ2) is 9.22. The average Bonchev–Trinajstić information content (AvgIpc) is 2.95. The summed E-state index contributed by atoms with van der Waals surface area (Å²) in [5.74, 6) is -1.04. The Labute approximate surface area is 174 Å². The van der Waals surface area contributed by atoms with Crippen LogP contribution < -0.4 is 5.32 Å². The maximum atomic E-state index is 13.8. The lowest BCUT2D eigenvalue weighted by Crippen LogP contribution is -2.34. The van der Waals surface area contributed by atoms with Crippen molar-refractivity contribution in [3.8, 4) is 0 Å². The third-order valence-electron chi connectivity index (χ3n) is 4.70. The maximum Gasteiger partial charge on any atom is 0.242 e. The molecular weight excluding hydrogens is 389 g/mol. The molecule has 1 aliphatic rings. The second-order valence-corrected chi connectivity index (χ2v) is 8.16. The number of halogens is 1. The highest BCUT2D eigenvalue weighted by Gasteiger charge is 2.38. The SMILES string of the molecule is CCCN1C(=O)[C@@H](CC(=O)Nc2ccccc2F)SC1=Nc1ccc(C)c(C)c1. The number of hydrogen-bond donors (Lipinski definition) is 1. The zero-order chi connectivity index (χ0) is 21.0. The summed E-state index contributed by atoms with van der Waals surface area (Å²) in [6, 6.07) is 11.9. The van der Waals surface area contributed by atoms with Crippen LogP contribution >= 0.6 is 11.8 Å². The minimum atomic E-state index is -0.571. The van der Waals surface area contributed by atoms with Crippen LogP contribution in [0.1, 0.15) is 30.9 Å². The van der Waals surface area contributed by atoms with Crippen LogP contribution in [-0.2, 0) is 9.59 Å². The van der Waals surface area contributed by atoms with Gasteiger partial charge in [0.25, 0.3) is 0 Å². The number of carbonyl (C=O) groups is 2. The molecule has 2 aromatic carbocycles. The molecule has 5 nitrogen and oxygen atoms in total. The predicted octanol–water partition coefficient (Wildman–Crippen LogP) is 4.81. The first-order valence-corrected chi connectivity index (χ1v) is 10.5. The van der Waals surface area contributed by atoms with Crippen LogP contribution in [0.15, 0.2) is 47.5 Å². The summed E-state index contributed by atoms with van der Waals surface area (Å²) in [6.07, 6.45) is 0.746. The molecule has 3 rings (SSSR count). The van der Waals surface area contributed by atoms with Gasteiger partial charge in [0.1, 0.15) is 11.1 Å². The Bertz CT molecular complexity index is 961. The van der Waals surface area contributed by atoms with Crippen LogP contribution in [0.2, 0.25) is 0 Å². The van der Waals surface area contributed by atoms with Crippen molar-refractivity contribution in [3.05, 3.63) is 59.4 Å². The average molecular weight is 414 g/mol. The monoisotopic (exact) mass is 413 g/mol. The van der Waals surface area contributed by atoms with Crippen molar-refractivity contribution in [3.63, 3.8) is 0 Å². The van der Waals surface area contributed by atoms with E-state index in [4.69, 9.17) is 0 Å². The quantitative estimate of drug-likeness (QED) is 0.739. The number of anilines is 1. The number of rotatable bonds is 6. The van der Waals surface area contributed by atoms with Gasteiger partial charge in [0.15, 0.2) is 5.17 Å². The van der Waals surface area contributed by atoms with Crippen LogP contribution in [-0.4, -0.2) is 33.7 Å². The van der Waals surface area contributed by atoms with Crippen molar-refractivity contribution in [2.45, 2.75) is 38.9 Å². The Morgan fingerprint density at radius 1 is 1.21 bits per heavy atom. The fourth-order valence-corrected chi connectivity index (χ4v) is 4.18. The third kappa shape index (κ3) is 5.03. The Kier molecular flexibility index (Phi) is 6.69. The number of benzene rings is 2. The Hall–Kier alpha value is -2.67. The van der Waals surface area contributed by atoms with Gasteiger partial charge < -0.3 is 5.32 Å². The molecule has 152 valence electrons. The zero-order valence-electron chi connectivity index (χ0n) is 16.7. The molecule has 2 aromatic rings. The lowest BCUT2D eigenvalue weighted by atomic mass is 10.1. The van der Waals surface area contributed by atoms with E-state index in [1.54, 1.807) is 17.0 Å². The largest absolute Gasteiger partial charge is 0.324 e. The molecular formula is C22H24FN3O2S. The number of nitrogens with zero attached hydrogens (tertiary/aromatic N) is 2. The first kappa shape index (κ1) is 21.0. The molecule has 0 aromatic heterocycles. The number of para-hydroxylation sites is 1. The van der Waals surface area contributed by atoms with Crippen molar-refractivity contribution in [2.24, 2.45) is 4.99 Å². The molecule has 7 heteroatoms. The summed E-state index contributed by atoms with van der Waals surface area (Å²) in [5.41, 5.74) is 3.20. The molecule has 2 amide bonds. The second-order valence-electron chi connectivity index (χ2n) is 6.99. The van der Waals surface area contributed by atoms with Crippen LogP contribution in [0.3, 0.4) is 0 Å². The summed E-state index contributed by atoms with van der Waals surface area (Å²) in [6.45, 7) is 6.59. The first-order chi connectivity index (χ1) is 13.9. The van der Waals surface area contributed by atoms with Crippen molar-refractivity contribution in [2.75, 3.05) is 11.9 Å². The van der Waals surface area contributed by atoms with Gasteiger partial charge in [-0.15, -0.1) is 0 Å².